The van der Waals surface area contributed by atoms with Crippen molar-refractivity contribution >= 4 is 17.4 Å². The molecule has 0 N–H and O–H groups in total. The van der Waals surface area contributed by atoms with E-state index in [1.54, 1.807) is 18.2 Å². The zero-order chi connectivity index (χ0) is 10.8. The molecule has 3 nitrogen and oxygen atoms in total. The van der Waals surface area contributed by atoms with Gasteiger partial charge in [-0.2, -0.15) is 0 Å². The third-order valence-corrected chi connectivity index (χ3v) is 2.21. The molecule has 4 heteroatoms. The quantitative estimate of drug-likeness (QED) is 0.732. The molecule has 0 bridgehead atoms. The van der Waals surface area contributed by atoms with Gasteiger partial charge in [0.05, 0.1) is 0 Å². The summed E-state index contributed by atoms with van der Waals surface area (Å²) in [5.41, 5.74) is 1.45. The van der Waals surface area contributed by atoms with Gasteiger partial charge in [-0.3, -0.25) is 4.79 Å². The van der Waals surface area contributed by atoms with Crippen LogP contribution in [0.1, 0.15) is 17.5 Å². The Labute approximate surface area is 91.6 Å². The smallest absolute Gasteiger partial charge is 0.202 e. The molecule has 2 rings (SSSR count). The van der Waals surface area contributed by atoms with E-state index in [1.807, 2.05) is 12.1 Å². The lowest BCUT2D eigenvalue weighted by atomic mass is 10.1. The van der Waals surface area contributed by atoms with E-state index in [0.717, 1.165) is 5.56 Å². The van der Waals surface area contributed by atoms with E-state index in [2.05, 4.69) is 5.16 Å². The SMILES string of the molecule is CC(=O)c1cc(-c2cccc(Cl)c2)no1. The molecule has 0 aliphatic carbocycles. The number of hydrogen-bond acceptors (Lipinski definition) is 3. The first-order valence-electron chi connectivity index (χ1n) is 4.40. The lowest BCUT2D eigenvalue weighted by Crippen LogP contribution is -1.86. The molecule has 0 saturated heterocycles. The molecular weight excluding hydrogens is 214 g/mol. The molecular formula is C11H8ClNO2. The monoisotopic (exact) mass is 221 g/mol. The van der Waals surface area contributed by atoms with Crippen molar-refractivity contribution in [3.63, 3.8) is 0 Å². The fraction of sp³-hybridized carbons (Fsp3) is 0.0909. The van der Waals surface area contributed by atoms with Gasteiger partial charge in [0.15, 0.2) is 5.78 Å². The van der Waals surface area contributed by atoms with Crippen LogP contribution in [0, 0.1) is 0 Å². The van der Waals surface area contributed by atoms with Gasteiger partial charge in [0.1, 0.15) is 5.69 Å². The minimum Gasteiger partial charge on any atom is -0.353 e. The highest BCUT2D eigenvalue weighted by Gasteiger charge is 2.09. The molecule has 76 valence electrons. The van der Waals surface area contributed by atoms with E-state index in [9.17, 15) is 4.79 Å². The second-order valence-electron chi connectivity index (χ2n) is 3.14. The van der Waals surface area contributed by atoms with Crippen LogP contribution in [-0.2, 0) is 0 Å². The Morgan fingerprint density at radius 2 is 2.20 bits per heavy atom. The maximum atomic E-state index is 11.0. The Morgan fingerprint density at radius 3 is 2.80 bits per heavy atom. The molecule has 0 amide bonds. The molecule has 1 heterocycles. The number of ketones is 1. The Hall–Kier alpha value is -1.61. The fourth-order valence-corrected chi connectivity index (χ4v) is 1.42. The van der Waals surface area contributed by atoms with Crippen molar-refractivity contribution < 1.29 is 9.32 Å². The van der Waals surface area contributed by atoms with Gasteiger partial charge in [-0.05, 0) is 12.1 Å². The standard InChI is InChI=1S/C11H8ClNO2/c1-7(14)11-6-10(13-15-11)8-3-2-4-9(12)5-8/h2-6H,1H3. The van der Waals surface area contributed by atoms with Gasteiger partial charge in [0.25, 0.3) is 0 Å². The molecule has 0 aliphatic rings. The van der Waals surface area contributed by atoms with E-state index in [1.165, 1.54) is 6.92 Å². The summed E-state index contributed by atoms with van der Waals surface area (Å²) in [4.78, 5) is 11.0. The van der Waals surface area contributed by atoms with E-state index in [0.29, 0.717) is 10.7 Å². The average molecular weight is 222 g/mol. The lowest BCUT2D eigenvalue weighted by molar-refractivity contribution is 0.0978. The van der Waals surface area contributed by atoms with Crippen molar-refractivity contribution in [1.82, 2.24) is 5.16 Å². The Morgan fingerprint density at radius 1 is 1.40 bits per heavy atom. The van der Waals surface area contributed by atoms with Crippen LogP contribution in [0.3, 0.4) is 0 Å². The topological polar surface area (TPSA) is 43.1 Å². The number of halogens is 1. The second kappa shape index (κ2) is 3.87. The van der Waals surface area contributed by atoms with Crippen molar-refractivity contribution in [3.8, 4) is 11.3 Å². The summed E-state index contributed by atoms with van der Waals surface area (Å²) in [5, 5.41) is 4.42. The molecule has 0 fully saturated rings. The predicted molar refractivity (Wildman–Crippen MR) is 57.0 cm³/mol. The molecule has 0 atom stereocenters. The average Bonchev–Trinajstić information content (AvgIpc) is 2.66. The van der Waals surface area contributed by atoms with Crippen LogP contribution in [0.15, 0.2) is 34.9 Å². The third-order valence-electron chi connectivity index (χ3n) is 1.98. The summed E-state index contributed by atoms with van der Waals surface area (Å²) < 4.78 is 4.88. The highest BCUT2D eigenvalue weighted by atomic mass is 35.5. The minimum atomic E-state index is -0.143. The van der Waals surface area contributed by atoms with Crippen molar-refractivity contribution in [3.05, 3.63) is 41.1 Å². The zero-order valence-electron chi connectivity index (χ0n) is 8.03. The van der Waals surface area contributed by atoms with Crippen LogP contribution in [-0.4, -0.2) is 10.9 Å². The largest absolute Gasteiger partial charge is 0.353 e. The first kappa shape index (κ1) is 9.93. The van der Waals surface area contributed by atoms with Crippen molar-refractivity contribution in [2.45, 2.75) is 6.92 Å². The Balaban J connectivity index is 2.41. The molecule has 1 aromatic carbocycles. The molecule has 0 radical (unpaired) electrons. The zero-order valence-corrected chi connectivity index (χ0v) is 8.78. The fourth-order valence-electron chi connectivity index (χ4n) is 1.22. The number of nitrogens with zero attached hydrogens (tertiary/aromatic N) is 1. The van der Waals surface area contributed by atoms with Gasteiger partial charge in [-0.15, -0.1) is 0 Å². The molecule has 0 saturated carbocycles. The summed E-state index contributed by atoms with van der Waals surface area (Å²) in [6.45, 7) is 1.43. The molecule has 1 aromatic heterocycles. The lowest BCUT2D eigenvalue weighted by Gasteiger charge is -1.94. The summed E-state index contributed by atoms with van der Waals surface area (Å²) in [7, 11) is 0. The number of benzene rings is 1. The van der Waals surface area contributed by atoms with Gasteiger partial charge in [0.2, 0.25) is 5.76 Å². The molecule has 2 aromatic rings. The van der Waals surface area contributed by atoms with Gasteiger partial charge < -0.3 is 4.52 Å². The number of rotatable bonds is 2. The van der Waals surface area contributed by atoms with Crippen LogP contribution in [0.5, 0.6) is 0 Å². The highest BCUT2D eigenvalue weighted by molar-refractivity contribution is 6.30. The van der Waals surface area contributed by atoms with E-state index >= 15 is 0 Å². The number of hydrogen-bond donors (Lipinski definition) is 0. The maximum Gasteiger partial charge on any atom is 0.202 e. The second-order valence-corrected chi connectivity index (χ2v) is 3.58. The number of carbonyl (C=O) groups is 1. The Kier molecular flexibility index (Phi) is 2.56. The van der Waals surface area contributed by atoms with Crippen LogP contribution in [0.4, 0.5) is 0 Å². The number of Topliss-reactive ketones (excluding diaryl/α,β-unsaturated/α-hetero) is 1. The predicted octanol–water partition coefficient (Wildman–Crippen LogP) is 3.20. The highest BCUT2D eigenvalue weighted by Crippen LogP contribution is 2.22. The molecule has 15 heavy (non-hydrogen) atoms. The number of aromatic nitrogens is 1. The molecule has 0 unspecified atom stereocenters. The summed E-state index contributed by atoms with van der Waals surface area (Å²) in [5.74, 6) is 0.112. The van der Waals surface area contributed by atoms with Crippen molar-refractivity contribution in [2.24, 2.45) is 0 Å². The first-order valence-corrected chi connectivity index (χ1v) is 4.78. The van der Waals surface area contributed by atoms with Crippen LogP contribution >= 0.6 is 11.6 Å². The molecule has 0 aliphatic heterocycles. The third kappa shape index (κ3) is 2.07. The summed E-state index contributed by atoms with van der Waals surface area (Å²) in [6, 6.07) is 8.82. The van der Waals surface area contributed by atoms with Gasteiger partial charge in [-0.25, -0.2) is 0 Å². The van der Waals surface area contributed by atoms with Crippen LogP contribution < -0.4 is 0 Å². The van der Waals surface area contributed by atoms with E-state index < -0.39 is 0 Å². The Bertz CT molecular complexity index is 505. The minimum absolute atomic E-state index is 0.143. The van der Waals surface area contributed by atoms with Crippen LogP contribution in [0.2, 0.25) is 5.02 Å². The molecule has 0 spiro atoms. The summed E-state index contributed by atoms with van der Waals surface area (Å²) in [6.07, 6.45) is 0. The van der Waals surface area contributed by atoms with E-state index in [-0.39, 0.29) is 11.5 Å². The first-order chi connectivity index (χ1) is 7.16. The summed E-state index contributed by atoms with van der Waals surface area (Å²) >= 11 is 5.84. The number of carbonyl (C=O) groups excluding carboxylic acids is 1. The maximum absolute atomic E-state index is 11.0. The van der Waals surface area contributed by atoms with Gasteiger partial charge >= 0.3 is 0 Å². The van der Waals surface area contributed by atoms with Gasteiger partial charge in [0, 0.05) is 23.6 Å². The van der Waals surface area contributed by atoms with E-state index in [4.69, 9.17) is 16.1 Å². The normalized spacial score (nSPS) is 10.3. The van der Waals surface area contributed by atoms with Crippen molar-refractivity contribution in [1.29, 1.82) is 0 Å². The van der Waals surface area contributed by atoms with Crippen molar-refractivity contribution in [2.75, 3.05) is 0 Å². The van der Waals surface area contributed by atoms with Crippen LogP contribution in [0.25, 0.3) is 11.3 Å². The van der Waals surface area contributed by atoms with Gasteiger partial charge in [-0.1, -0.05) is 28.9 Å².